The fraction of sp³-hybridized carbons (Fsp3) is 0.682. The number of nitrogens with zero attached hydrogens (tertiary/aromatic N) is 2. The molecule has 0 amide bonds. The summed E-state index contributed by atoms with van der Waals surface area (Å²) in [6.45, 7) is 9.10. The smallest absolute Gasteiger partial charge is 0.298 e. The highest BCUT2D eigenvalue weighted by molar-refractivity contribution is 7.16. The third-order valence-corrected chi connectivity index (χ3v) is 8.14. The number of para-hydroxylation sites is 1. The molecule has 1 aromatic heterocycles. The third-order valence-electron chi connectivity index (χ3n) is 7.18. The van der Waals surface area contributed by atoms with E-state index in [1.165, 1.54) is 49.9 Å². The summed E-state index contributed by atoms with van der Waals surface area (Å²) in [5.74, 6) is 1.26. The average molecular weight is 373 g/mol. The van der Waals surface area contributed by atoms with Gasteiger partial charge < -0.3 is 0 Å². The largest absolute Gasteiger partial charge is 0.308 e. The van der Waals surface area contributed by atoms with E-state index in [9.17, 15) is 4.79 Å². The van der Waals surface area contributed by atoms with Crippen LogP contribution in [0.3, 0.4) is 0 Å². The minimum Gasteiger partial charge on any atom is -0.298 e. The van der Waals surface area contributed by atoms with Gasteiger partial charge in [0.1, 0.15) is 0 Å². The summed E-state index contributed by atoms with van der Waals surface area (Å²) in [5.41, 5.74) is 1.53. The Balaban J connectivity index is 1.55. The minimum absolute atomic E-state index is 0.191. The molecule has 4 rings (SSSR count). The molecule has 0 spiro atoms. The van der Waals surface area contributed by atoms with Crippen LogP contribution in [0.5, 0.6) is 0 Å². The molecule has 2 bridgehead atoms. The number of hydrogen-bond donors (Lipinski definition) is 0. The molecule has 1 aromatic carbocycles. The second-order valence-corrected chi connectivity index (χ2v) is 9.69. The molecule has 2 aromatic rings. The first-order chi connectivity index (χ1) is 12.5. The molecule has 4 atom stereocenters. The Kier molecular flexibility index (Phi) is 5.00. The maximum absolute atomic E-state index is 12.5. The van der Waals surface area contributed by atoms with Gasteiger partial charge in [-0.3, -0.25) is 14.3 Å². The summed E-state index contributed by atoms with van der Waals surface area (Å²) in [6.07, 6.45) is 8.15. The Morgan fingerprint density at radius 3 is 2.81 bits per heavy atom. The summed E-state index contributed by atoms with van der Waals surface area (Å²) in [4.78, 5) is 15.6. The monoisotopic (exact) mass is 372 g/mol. The summed E-state index contributed by atoms with van der Waals surface area (Å²) < 4.78 is 3.12. The molecule has 0 aliphatic carbocycles. The zero-order valence-electron chi connectivity index (χ0n) is 16.4. The van der Waals surface area contributed by atoms with Gasteiger partial charge in [-0.15, -0.1) is 0 Å². The lowest BCUT2D eigenvalue weighted by Crippen LogP contribution is -2.55. The van der Waals surface area contributed by atoms with Gasteiger partial charge in [-0.25, -0.2) is 0 Å². The van der Waals surface area contributed by atoms with Crippen LogP contribution in [0.15, 0.2) is 29.1 Å². The van der Waals surface area contributed by atoms with E-state index >= 15 is 0 Å². The van der Waals surface area contributed by atoms with Crippen molar-refractivity contribution in [2.24, 2.45) is 11.8 Å². The molecular formula is C22H32N2OS. The van der Waals surface area contributed by atoms with Crippen LogP contribution >= 0.6 is 11.3 Å². The van der Waals surface area contributed by atoms with Crippen LogP contribution in [-0.4, -0.2) is 27.6 Å². The van der Waals surface area contributed by atoms with E-state index in [1.54, 1.807) is 0 Å². The van der Waals surface area contributed by atoms with Crippen molar-refractivity contribution < 1.29 is 0 Å². The SMILES string of the molecule is CCC(C)[C@@]12CCC[C@@H](CC1)N2CC(C)Cn1c(=O)sc2ccccc21. The summed E-state index contributed by atoms with van der Waals surface area (Å²) in [5, 5.41) is 0. The zero-order chi connectivity index (χ0) is 18.3. The van der Waals surface area contributed by atoms with E-state index in [0.717, 1.165) is 35.3 Å². The first kappa shape index (κ1) is 18.2. The number of aromatic nitrogens is 1. The average Bonchev–Trinajstić information content (AvgIpc) is 3.04. The Bertz CT molecular complexity index is 821. The van der Waals surface area contributed by atoms with Gasteiger partial charge in [0.25, 0.3) is 0 Å². The number of piperidine rings is 1. The molecule has 2 aliphatic rings. The second kappa shape index (κ2) is 7.12. The van der Waals surface area contributed by atoms with Crippen molar-refractivity contribution in [1.29, 1.82) is 0 Å². The van der Waals surface area contributed by atoms with E-state index in [4.69, 9.17) is 0 Å². The van der Waals surface area contributed by atoms with E-state index in [2.05, 4.69) is 37.8 Å². The van der Waals surface area contributed by atoms with Crippen LogP contribution in [0, 0.1) is 11.8 Å². The quantitative estimate of drug-likeness (QED) is 0.702. The highest BCUT2D eigenvalue weighted by Gasteiger charge is 2.50. The predicted molar refractivity (Wildman–Crippen MR) is 111 cm³/mol. The molecular weight excluding hydrogens is 340 g/mol. The van der Waals surface area contributed by atoms with E-state index in [1.807, 2.05) is 16.7 Å². The minimum atomic E-state index is 0.191. The normalized spacial score (nSPS) is 28.5. The van der Waals surface area contributed by atoms with Crippen LogP contribution in [0.1, 0.15) is 59.3 Å². The maximum atomic E-state index is 12.5. The predicted octanol–water partition coefficient (Wildman–Crippen LogP) is 5.13. The molecule has 3 heterocycles. The molecule has 2 aliphatic heterocycles. The first-order valence-corrected chi connectivity index (χ1v) is 11.2. The molecule has 26 heavy (non-hydrogen) atoms. The Labute approximate surface area is 161 Å². The molecule has 4 heteroatoms. The highest BCUT2D eigenvalue weighted by atomic mass is 32.1. The van der Waals surface area contributed by atoms with Gasteiger partial charge in [-0.05, 0) is 49.7 Å². The van der Waals surface area contributed by atoms with Crippen molar-refractivity contribution in [3.8, 4) is 0 Å². The first-order valence-electron chi connectivity index (χ1n) is 10.4. The Hall–Kier alpha value is -1.13. The van der Waals surface area contributed by atoms with Crippen LogP contribution in [-0.2, 0) is 6.54 Å². The van der Waals surface area contributed by atoms with Crippen LogP contribution in [0.2, 0.25) is 0 Å². The van der Waals surface area contributed by atoms with Crippen molar-refractivity contribution in [3.63, 3.8) is 0 Å². The van der Waals surface area contributed by atoms with E-state index < -0.39 is 0 Å². The van der Waals surface area contributed by atoms with E-state index in [-0.39, 0.29) is 4.87 Å². The molecule has 2 unspecified atom stereocenters. The molecule has 142 valence electrons. The van der Waals surface area contributed by atoms with Gasteiger partial charge in [0.15, 0.2) is 0 Å². The lowest BCUT2D eigenvalue weighted by atomic mass is 9.76. The highest BCUT2D eigenvalue weighted by Crippen LogP contribution is 2.49. The van der Waals surface area contributed by atoms with Gasteiger partial charge in [-0.1, -0.05) is 57.1 Å². The Morgan fingerprint density at radius 1 is 1.19 bits per heavy atom. The Morgan fingerprint density at radius 2 is 2.00 bits per heavy atom. The lowest BCUT2D eigenvalue weighted by Gasteiger charge is -2.49. The standard InChI is InChI=1S/C22H32N2OS/c1-4-17(3)22-12-7-8-18(11-13-22)24(22)15-16(2)14-23-19-9-5-6-10-20(19)26-21(23)25/h5-6,9-10,16-18H,4,7-8,11-15H2,1-3H3/t16?,17?,18-,22+/m0/s1. The number of hydrogen-bond acceptors (Lipinski definition) is 3. The van der Waals surface area contributed by atoms with Crippen molar-refractivity contribution in [2.45, 2.75) is 77.4 Å². The van der Waals surface area contributed by atoms with Gasteiger partial charge in [0.05, 0.1) is 10.2 Å². The van der Waals surface area contributed by atoms with Gasteiger partial charge in [0, 0.05) is 24.7 Å². The van der Waals surface area contributed by atoms with Crippen LogP contribution in [0.25, 0.3) is 10.2 Å². The summed E-state index contributed by atoms with van der Waals surface area (Å²) >= 11 is 1.38. The summed E-state index contributed by atoms with van der Waals surface area (Å²) in [7, 11) is 0. The van der Waals surface area contributed by atoms with Crippen LogP contribution < -0.4 is 4.87 Å². The molecule has 0 N–H and O–H groups in total. The fourth-order valence-electron chi connectivity index (χ4n) is 5.67. The lowest BCUT2D eigenvalue weighted by molar-refractivity contribution is -0.000828. The fourth-order valence-corrected chi connectivity index (χ4v) is 6.57. The molecule has 3 nitrogen and oxygen atoms in total. The van der Waals surface area contributed by atoms with Crippen LogP contribution in [0.4, 0.5) is 0 Å². The second-order valence-electron chi connectivity index (χ2n) is 8.70. The molecule has 2 saturated heterocycles. The maximum Gasteiger partial charge on any atom is 0.308 e. The van der Waals surface area contributed by atoms with Crippen molar-refractivity contribution >= 4 is 21.6 Å². The van der Waals surface area contributed by atoms with E-state index in [0.29, 0.717) is 11.5 Å². The van der Waals surface area contributed by atoms with Gasteiger partial charge in [0.2, 0.25) is 0 Å². The summed E-state index contributed by atoms with van der Waals surface area (Å²) in [6, 6.07) is 8.98. The third kappa shape index (κ3) is 2.95. The topological polar surface area (TPSA) is 25.2 Å². The molecule has 2 fully saturated rings. The molecule has 0 saturated carbocycles. The van der Waals surface area contributed by atoms with Gasteiger partial charge in [-0.2, -0.15) is 0 Å². The van der Waals surface area contributed by atoms with Gasteiger partial charge >= 0.3 is 4.87 Å². The number of thiazole rings is 1. The van der Waals surface area contributed by atoms with Crippen molar-refractivity contribution in [2.75, 3.05) is 6.54 Å². The zero-order valence-corrected chi connectivity index (χ0v) is 17.2. The number of rotatable bonds is 6. The number of fused-ring (bicyclic) bond motifs is 3. The number of benzene rings is 1. The van der Waals surface area contributed by atoms with Crippen molar-refractivity contribution in [3.05, 3.63) is 33.9 Å². The van der Waals surface area contributed by atoms with Crippen molar-refractivity contribution in [1.82, 2.24) is 9.47 Å². The molecule has 0 radical (unpaired) electrons.